The molecule has 0 saturated carbocycles. The number of nitrogens with one attached hydrogen (secondary N) is 2. The summed E-state index contributed by atoms with van der Waals surface area (Å²) in [5.41, 5.74) is 1.48. The highest BCUT2D eigenvalue weighted by Crippen LogP contribution is 2.09. The first-order chi connectivity index (χ1) is 9.19. The average Bonchev–Trinajstić information content (AvgIpc) is 2.82. The number of anilines is 1. The number of nitrogens with zero attached hydrogens (tertiary/aromatic N) is 2. The highest BCUT2D eigenvalue weighted by Gasteiger charge is 2.07. The van der Waals surface area contributed by atoms with Crippen LogP contribution in [0.15, 0.2) is 23.7 Å². The molecule has 2 N–H and O–H groups in total. The third-order valence-electron chi connectivity index (χ3n) is 2.48. The van der Waals surface area contributed by atoms with Gasteiger partial charge < -0.3 is 10.6 Å². The molecule has 0 atom stereocenters. The molecule has 0 aliphatic rings. The zero-order chi connectivity index (χ0) is 13.7. The maximum absolute atomic E-state index is 12.0. The Morgan fingerprint density at radius 2 is 2.32 bits per heavy atom. The van der Waals surface area contributed by atoms with Crippen LogP contribution in [0.1, 0.15) is 28.0 Å². The molecule has 6 heteroatoms. The molecule has 0 saturated heterocycles. The largest absolute Gasteiger partial charge is 0.370 e. The van der Waals surface area contributed by atoms with Crippen molar-refractivity contribution in [2.45, 2.75) is 20.4 Å². The van der Waals surface area contributed by atoms with E-state index in [1.165, 1.54) is 0 Å². The van der Waals surface area contributed by atoms with Crippen LogP contribution >= 0.6 is 11.3 Å². The van der Waals surface area contributed by atoms with Crippen LogP contribution in [0.2, 0.25) is 0 Å². The van der Waals surface area contributed by atoms with Crippen LogP contribution < -0.4 is 10.6 Å². The van der Waals surface area contributed by atoms with Gasteiger partial charge in [-0.2, -0.15) is 0 Å². The van der Waals surface area contributed by atoms with E-state index in [9.17, 15) is 4.79 Å². The van der Waals surface area contributed by atoms with Gasteiger partial charge in [-0.25, -0.2) is 9.97 Å². The molecule has 0 fully saturated rings. The molecule has 2 rings (SSSR count). The van der Waals surface area contributed by atoms with Crippen molar-refractivity contribution in [1.82, 2.24) is 15.3 Å². The van der Waals surface area contributed by atoms with Crippen molar-refractivity contribution in [2.24, 2.45) is 0 Å². The van der Waals surface area contributed by atoms with Crippen LogP contribution in [-0.4, -0.2) is 22.4 Å². The van der Waals surface area contributed by atoms with E-state index in [0.717, 1.165) is 17.2 Å². The van der Waals surface area contributed by atoms with Crippen molar-refractivity contribution >= 4 is 23.1 Å². The Balaban J connectivity index is 1.97. The second kappa shape index (κ2) is 6.29. The van der Waals surface area contributed by atoms with Crippen LogP contribution in [0.25, 0.3) is 0 Å². The molecule has 2 aromatic rings. The maximum atomic E-state index is 12.0. The van der Waals surface area contributed by atoms with Gasteiger partial charge in [0, 0.05) is 23.7 Å². The Bertz CT molecular complexity index is 567. The van der Waals surface area contributed by atoms with E-state index in [1.807, 2.05) is 19.2 Å². The number of pyridine rings is 1. The first-order valence-electron chi connectivity index (χ1n) is 6.08. The quantitative estimate of drug-likeness (QED) is 0.878. The number of aromatic nitrogens is 2. The SMILES string of the molecule is CCNc1cc(C(=O)NCc2csc(C)n2)ccn1. The normalized spacial score (nSPS) is 10.2. The Labute approximate surface area is 116 Å². The molecular formula is C13H16N4OS. The summed E-state index contributed by atoms with van der Waals surface area (Å²) in [6, 6.07) is 3.44. The molecule has 0 aliphatic carbocycles. The monoisotopic (exact) mass is 276 g/mol. The van der Waals surface area contributed by atoms with Gasteiger partial charge in [0.1, 0.15) is 5.82 Å². The molecule has 2 aromatic heterocycles. The van der Waals surface area contributed by atoms with Crippen molar-refractivity contribution in [3.8, 4) is 0 Å². The first kappa shape index (κ1) is 13.5. The summed E-state index contributed by atoms with van der Waals surface area (Å²) in [5.74, 6) is 0.590. The zero-order valence-corrected chi connectivity index (χ0v) is 11.8. The predicted molar refractivity (Wildman–Crippen MR) is 76.4 cm³/mol. The van der Waals surface area contributed by atoms with Crippen molar-refractivity contribution < 1.29 is 4.79 Å². The molecular weight excluding hydrogens is 260 g/mol. The number of aryl methyl sites for hydroxylation is 1. The Morgan fingerprint density at radius 1 is 1.47 bits per heavy atom. The van der Waals surface area contributed by atoms with Crippen molar-refractivity contribution in [1.29, 1.82) is 0 Å². The molecule has 0 aromatic carbocycles. The van der Waals surface area contributed by atoms with Gasteiger partial charge in [-0.15, -0.1) is 11.3 Å². The number of amides is 1. The Morgan fingerprint density at radius 3 is 3.00 bits per heavy atom. The Kier molecular flexibility index (Phi) is 4.46. The standard InChI is InChI=1S/C13H16N4OS/c1-3-14-12-6-10(4-5-15-12)13(18)16-7-11-8-19-9(2)17-11/h4-6,8H,3,7H2,1-2H3,(H,14,15)(H,16,18). The van der Waals surface area contributed by atoms with Gasteiger partial charge in [0.2, 0.25) is 0 Å². The van der Waals surface area contributed by atoms with E-state index in [2.05, 4.69) is 20.6 Å². The lowest BCUT2D eigenvalue weighted by Crippen LogP contribution is -2.23. The van der Waals surface area contributed by atoms with Crippen molar-refractivity contribution in [3.05, 3.63) is 40.0 Å². The third kappa shape index (κ3) is 3.75. The minimum Gasteiger partial charge on any atom is -0.370 e. The highest BCUT2D eigenvalue weighted by molar-refractivity contribution is 7.09. The zero-order valence-electron chi connectivity index (χ0n) is 10.9. The lowest BCUT2D eigenvalue weighted by atomic mass is 10.2. The summed E-state index contributed by atoms with van der Waals surface area (Å²) in [6.07, 6.45) is 1.62. The van der Waals surface area contributed by atoms with Crippen molar-refractivity contribution in [2.75, 3.05) is 11.9 Å². The summed E-state index contributed by atoms with van der Waals surface area (Å²) in [5, 5.41) is 8.88. The van der Waals surface area contributed by atoms with E-state index < -0.39 is 0 Å². The summed E-state index contributed by atoms with van der Waals surface area (Å²) in [4.78, 5) is 20.4. The molecule has 2 heterocycles. The van der Waals surface area contributed by atoms with Gasteiger partial charge in [0.05, 0.1) is 17.2 Å². The molecule has 0 radical (unpaired) electrons. The fraction of sp³-hybridized carbons (Fsp3) is 0.308. The molecule has 0 unspecified atom stereocenters. The number of carbonyl (C=O) groups excluding carboxylic acids is 1. The van der Waals surface area contributed by atoms with Gasteiger partial charge in [0.25, 0.3) is 5.91 Å². The number of hydrogen-bond donors (Lipinski definition) is 2. The van der Waals surface area contributed by atoms with Crippen LogP contribution in [-0.2, 0) is 6.54 Å². The molecule has 19 heavy (non-hydrogen) atoms. The number of thiazole rings is 1. The molecule has 0 spiro atoms. The van der Waals surface area contributed by atoms with Gasteiger partial charge in [-0.05, 0) is 26.0 Å². The molecule has 0 bridgehead atoms. The van der Waals surface area contributed by atoms with E-state index in [-0.39, 0.29) is 5.91 Å². The van der Waals surface area contributed by atoms with Crippen LogP contribution in [0.5, 0.6) is 0 Å². The topological polar surface area (TPSA) is 66.9 Å². The van der Waals surface area contributed by atoms with E-state index >= 15 is 0 Å². The Hall–Kier alpha value is -1.95. The second-order valence-electron chi connectivity index (χ2n) is 4.00. The average molecular weight is 276 g/mol. The van der Waals surface area contributed by atoms with Gasteiger partial charge >= 0.3 is 0 Å². The maximum Gasteiger partial charge on any atom is 0.251 e. The fourth-order valence-corrected chi connectivity index (χ4v) is 2.22. The lowest BCUT2D eigenvalue weighted by Gasteiger charge is -2.06. The van der Waals surface area contributed by atoms with Crippen molar-refractivity contribution in [3.63, 3.8) is 0 Å². The number of rotatable bonds is 5. The third-order valence-corrected chi connectivity index (χ3v) is 3.30. The van der Waals surface area contributed by atoms with Gasteiger partial charge in [0.15, 0.2) is 0 Å². The molecule has 0 aliphatic heterocycles. The smallest absolute Gasteiger partial charge is 0.251 e. The van der Waals surface area contributed by atoms with Crippen LogP contribution in [0.3, 0.4) is 0 Å². The second-order valence-corrected chi connectivity index (χ2v) is 5.06. The highest BCUT2D eigenvalue weighted by atomic mass is 32.1. The first-order valence-corrected chi connectivity index (χ1v) is 6.96. The van der Waals surface area contributed by atoms with Gasteiger partial charge in [-0.3, -0.25) is 4.79 Å². The number of carbonyl (C=O) groups is 1. The summed E-state index contributed by atoms with van der Waals surface area (Å²) in [6.45, 7) is 5.15. The van der Waals surface area contributed by atoms with E-state index in [1.54, 1.807) is 29.7 Å². The lowest BCUT2D eigenvalue weighted by molar-refractivity contribution is 0.0950. The molecule has 1 amide bonds. The van der Waals surface area contributed by atoms with Crippen LogP contribution in [0.4, 0.5) is 5.82 Å². The van der Waals surface area contributed by atoms with E-state index in [4.69, 9.17) is 0 Å². The predicted octanol–water partition coefficient (Wildman–Crippen LogP) is 2.21. The fourth-order valence-electron chi connectivity index (χ4n) is 1.61. The minimum absolute atomic E-state index is 0.118. The van der Waals surface area contributed by atoms with Gasteiger partial charge in [-0.1, -0.05) is 0 Å². The van der Waals surface area contributed by atoms with E-state index in [0.29, 0.717) is 17.9 Å². The molecule has 100 valence electrons. The molecule has 5 nitrogen and oxygen atoms in total. The number of hydrogen-bond acceptors (Lipinski definition) is 5. The summed E-state index contributed by atoms with van der Waals surface area (Å²) in [7, 11) is 0. The van der Waals surface area contributed by atoms with Crippen LogP contribution in [0, 0.1) is 6.92 Å². The summed E-state index contributed by atoms with van der Waals surface area (Å²) < 4.78 is 0. The summed E-state index contributed by atoms with van der Waals surface area (Å²) >= 11 is 1.58. The minimum atomic E-state index is -0.118.